The van der Waals surface area contributed by atoms with E-state index in [4.69, 9.17) is 0 Å². The van der Waals surface area contributed by atoms with Gasteiger partial charge < -0.3 is 10.2 Å². The summed E-state index contributed by atoms with van der Waals surface area (Å²) in [5, 5.41) is 12.3. The Morgan fingerprint density at radius 2 is 2.00 bits per heavy atom. The lowest BCUT2D eigenvalue weighted by molar-refractivity contribution is -0.131. The molecular weight excluding hydrogens is 336 g/mol. The molecule has 1 saturated heterocycles. The summed E-state index contributed by atoms with van der Waals surface area (Å²) in [7, 11) is 0. The smallest absolute Gasteiger partial charge is 0.231 e. The number of carbonyl (C=O) groups excluding carboxylic acids is 2. The lowest BCUT2D eigenvalue weighted by atomic mass is 10.1. The average Bonchev–Trinajstić information content (AvgIpc) is 3.14. The predicted octanol–water partition coefficient (Wildman–Crippen LogP) is 2.71. The van der Waals surface area contributed by atoms with Crippen LogP contribution in [0.2, 0.25) is 0 Å². The first-order valence-electron chi connectivity index (χ1n) is 8.30. The van der Waals surface area contributed by atoms with Crippen LogP contribution in [-0.2, 0) is 16.0 Å². The van der Waals surface area contributed by atoms with Crippen molar-refractivity contribution >= 4 is 28.3 Å². The van der Waals surface area contributed by atoms with Crippen LogP contribution in [-0.4, -0.2) is 39.0 Å². The van der Waals surface area contributed by atoms with Gasteiger partial charge in [0.05, 0.1) is 5.92 Å². The molecule has 2 amide bonds. The summed E-state index contributed by atoms with van der Waals surface area (Å²) in [6.45, 7) is 6.38. The van der Waals surface area contributed by atoms with Gasteiger partial charge in [-0.25, -0.2) is 0 Å². The first-order valence-corrected chi connectivity index (χ1v) is 9.12. The highest BCUT2D eigenvalue weighted by Crippen LogP contribution is 2.27. The Morgan fingerprint density at radius 3 is 2.64 bits per heavy atom. The second-order valence-corrected chi connectivity index (χ2v) is 8.29. The van der Waals surface area contributed by atoms with Crippen molar-refractivity contribution in [2.75, 3.05) is 11.9 Å². The molecule has 25 heavy (non-hydrogen) atoms. The first-order chi connectivity index (χ1) is 11.8. The normalized spacial score (nSPS) is 17.8. The maximum absolute atomic E-state index is 12.4. The molecule has 1 N–H and O–H groups in total. The highest BCUT2D eigenvalue weighted by Gasteiger charge is 2.39. The summed E-state index contributed by atoms with van der Waals surface area (Å²) in [5.41, 5.74) is 0.885. The second kappa shape index (κ2) is 6.92. The number of nitrogens with one attached hydrogen (secondary N) is 1. The number of nitrogens with zero attached hydrogens (tertiary/aromatic N) is 3. The van der Waals surface area contributed by atoms with Crippen molar-refractivity contribution in [3.05, 3.63) is 40.9 Å². The maximum atomic E-state index is 12.4. The fourth-order valence-corrected chi connectivity index (χ4v) is 3.66. The van der Waals surface area contributed by atoms with Gasteiger partial charge in [-0.3, -0.25) is 9.59 Å². The summed E-state index contributed by atoms with van der Waals surface area (Å²) in [4.78, 5) is 26.3. The largest absolute Gasteiger partial charge is 0.337 e. The monoisotopic (exact) mass is 358 g/mol. The van der Waals surface area contributed by atoms with Crippen LogP contribution < -0.4 is 5.32 Å². The second-order valence-electron chi connectivity index (χ2n) is 7.23. The molecule has 1 atom stereocenters. The molecule has 1 aliphatic rings. The molecule has 0 aliphatic carbocycles. The first kappa shape index (κ1) is 17.5. The third-order valence-electron chi connectivity index (χ3n) is 4.20. The van der Waals surface area contributed by atoms with Crippen molar-refractivity contribution in [2.45, 2.75) is 39.2 Å². The van der Waals surface area contributed by atoms with E-state index in [-0.39, 0.29) is 29.7 Å². The van der Waals surface area contributed by atoms with Crippen LogP contribution in [0.1, 0.15) is 37.8 Å². The summed E-state index contributed by atoms with van der Waals surface area (Å²) < 4.78 is 0. The minimum Gasteiger partial charge on any atom is -0.337 e. The Labute approximate surface area is 151 Å². The fourth-order valence-electron chi connectivity index (χ4n) is 2.88. The molecule has 1 aromatic heterocycles. The highest BCUT2D eigenvalue weighted by atomic mass is 32.1. The van der Waals surface area contributed by atoms with Crippen LogP contribution in [0, 0.1) is 5.92 Å². The van der Waals surface area contributed by atoms with Crippen LogP contribution >= 0.6 is 11.3 Å². The zero-order valence-electron chi connectivity index (χ0n) is 14.7. The van der Waals surface area contributed by atoms with E-state index in [1.54, 1.807) is 4.90 Å². The Bertz CT molecular complexity index is 767. The van der Waals surface area contributed by atoms with Crippen molar-refractivity contribution in [3.63, 3.8) is 0 Å². The van der Waals surface area contributed by atoms with E-state index in [0.29, 0.717) is 18.1 Å². The van der Waals surface area contributed by atoms with Crippen molar-refractivity contribution in [2.24, 2.45) is 5.92 Å². The van der Waals surface area contributed by atoms with Crippen molar-refractivity contribution < 1.29 is 9.59 Å². The van der Waals surface area contributed by atoms with Crippen LogP contribution in [0.15, 0.2) is 30.3 Å². The molecule has 3 rings (SSSR count). The minimum absolute atomic E-state index is 0.0229. The highest BCUT2D eigenvalue weighted by molar-refractivity contribution is 7.15. The molecule has 0 bridgehead atoms. The van der Waals surface area contributed by atoms with E-state index in [2.05, 4.69) is 15.5 Å². The van der Waals surface area contributed by atoms with E-state index >= 15 is 0 Å². The topological polar surface area (TPSA) is 75.2 Å². The molecule has 6 nitrogen and oxygen atoms in total. The fraction of sp³-hybridized carbons (Fsp3) is 0.444. The van der Waals surface area contributed by atoms with Gasteiger partial charge in [-0.05, 0) is 26.3 Å². The lowest BCUT2D eigenvalue weighted by Gasteiger charge is -2.31. The van der Waals surface area contributed by atoms with Gasteiger partial charge in [0.1, 0.15) is 5.01 Å². The van der Waals surface area contributed by atoms with Crippen molar-refractivity contribution in [3.8, 4) is 0 Å². The van der Waals surface area contributed by atoms with E-state index in [0.717, 1.165) is 10.6 Å². The molecule has 0 spiro atoms. The zero-order chi connectivity index (χ0) is 18.0. The van der Waals surface area contributed by atoms with E-state index < -0.39 is 0 Å². The van der Waals surface area contributed by atoms with Gasteiger partial charge >= 0.3 is 0 Å². The van der Waals surface area contributed by atoms with Gasteiger partial charge in [0.25, 0.3) is 0 Å². The average molecular weight is 358 g/mol. The summed E-state index contributed by atoms with van der Waals surface area (Å²) in [6.07, 6.45) is 0.937. The van der Waals surface area contributed by atoms with Crippen LogP contribution in [0.3, 0.4) is 0 Å². The Hall–Kier alpha value is -2.28. The summed E-state index contributed by atoms with van der Waals surface area (Å²) >= 11 is 1.37. The standard InChI is InChI=1S/C18H22N4O2S/c1-18(2,3)22-11-13(10-15(22)23)16(24)19-17-21-20-14(25-17)9-12-7-5-4-6-8-12/h4-8,13H,9-11H2,1-3H3,(H,19,21,24)/t13-/m1/s1. The molecule has 0 unspecified atom stereocenters. The molecule has 2 aromatic rings. The number of hydrogen-bond donors (Lipinski definition) is 1. The van der Waals surface area contributed by atoms with Crippen molar-refractivity contribution in [1.82, 2.24) is 15.1 Å². The Balaban J connectivity index is 1.60. The number of amides is 2. The Kier molecular flexibility index (Phi) is 4.85. The van der Waals surface area contributed by atoms with Gasteiger partial charge in [0.2, 0.25) is 16.9 Å². The number of likely N-dealkylation sites (tertiary alicyclic amines) is 1. The van der Waals surface area contributed by atoms with E-state index in [1.165, 1.54) is 11.3 Å². The number of benzene rings is 1. The lowest BCUT2D eigenvalue weighted by Crippen LogP contribution is -2.42. The van der Waals surface area contributed by atoms with Gasteiger partial charge in [0, 0.05) is 24.9 Å². The third kappa shape index (κ3) is 4.22. The van der Waals surface area contributed by atoms with Gasteiger partial charge in [-0.1, -0.05) is 41.7 Å². The van der Waals surface area contributed by atoms with Gasteiger partial charge in [-0.15, -0.1) is 10.2 Å². The minimum atomic E-state index is -0.340. The molecule has 132 valence electrons. The third-order valence-corrected chi connectivity index (χ3v) is 5.04. The van der Waals surface area contributed by atoms with Gasteiger partial charge in [0.15, 0.2) is 0 Å². The predicted molar refractivity (Wildman–Crippen MR) is 97.4 cm³/mol. The number of anilines is 1. The molecule has 2 heterocycles. The van der Waals surface area contributed by atoms with E-state index in [9.17, 15) is 9.59 Å². The van der Waals surface area contributed by atoms with Crippen molar-refractivity contribution in [1.29, 1.82) is 0 Å². The molecule has 7 heteroatoms. The maximum Gasteiger partial charge on any atom is 0.231 e. The SMILES string of the molecule is CC(C)(C)N1C[C@H](C(=O)Nc2nnc(Cc3ccccc3)s2)CC1=O. The zero-order valence-corrected chi connectivity index (χ0v) is 15.5. The molecule has 0 radical (unpaired) electrons. The summed E-state index contributed by atoms with van der Waals surface area (Å²) in [6, 6.07) is 10.0. The quantitative estimate of drug-likeness (QED) is 0.912. The van der Waals surface area contributed by atoms with Gasteiger partial charge in [-0.2, -0.15) is 0 Å². The molecular formula is C18H22N4O2S. The summed E-state index contributed by atoms with van der Waals surface area (Å²) in [5.74, 6) is -0.481. The van der Waals surface area contributed by atoms with E-state index in [1.807, 2.05) is 51.1 Å². The molecule has 1 aliphatic heterocycles. The molecule has 0 saturated carbocycles. The number of aromatic nitrogens is 2. The number of rotatable bonds is 4. The van der Waals surface area contributed by atoms with Crippen LogP contribution in [0.25, 0.3) is 0 Å². The number of carbonyl (C=O) groups is 2. The Morgan fingerprint density at radius 1 is 1.28 bits per heavy atom. The molecule has 1 fully saturated rings. The van der Waals surface area contributed by atoms with Crippen LogP contribution in [0.4, 0.5) is 5.13 Å². The van der Waals surface area contributed by atoms with Crippen LogP contribution in [0.5, 0.6) is 0 Å². The molecule has 1 aromatic carbocycles. The number of hydrogen-bond acceptors (Lipinski definition) is 5.